The molecule has 0 aliphatic rings. The molecule has 11 heteroatoms. The number of rotatable bonds is 5. The van der Waals surface area contributed by atoms with Crippen LogP contribution < -0.4 is 5.32 Å². The number of nitrogens with zero attached hydrogens (tertiary/aromatic N) is 5. The first-order valence-electron chi connectivity index (χ1n) is 9.10. The van der Waals surface area contributed by atoms with Crippen LogP contribution in [-0.4, -0.2) is 40.5 Å². The Kier molecular flexibility index (Phi) is 5.44. The summed E-state index contributed by atoms with van der Waals surface area (Å²) >= 11 is 0. The number of carbonyl (C=O) groups excluding carboxylic acids is 1. The SMILES string of the molecule is CS(=O)(=O)c1ccc(-c2ncoc2C(=O)Nc2nc(-c3ccccn3)ncc2C#N)cc1. The fourth-order valence-corrected chi connectivity index (χ4v) is 3.45. The first kappa shape index (κ1) is 20.8. The second kappa shape index (κ2) is 8.37. The maximum atomic E-state index is 12.9. The van der Waals surface area contributed by atoms with Crippen molar-refractivity contribution in [3.8, 4) is 28.8 Å². The Bertz CT molecular complexity index is 1440. The van der Waals surface area contributed by atoms with E-state index in [1.807, 2.05) is 6.07 Å². The second-order valence-electron chi connectivity index (χ2n) is 6.56. The molecule has 0 radical (unpaired) electrons. The molecule has 0 saturated heterocycles. The molecule has 32 heavy (non-hydrogen) atoms. The van der Waals surface area contributed by atoms with Gasteiger partial charge in [-0.15, -0.1) is 0 Å². The maximum absolute atomic E-state index is 12.9. The Morgan fingerprint density at radius 2 is 1.88 bits per heavy atom. The summed E-state index contributed by atoms with van der Waals surface area (Å²) in [5.74, 6) is -0.595. The van der Waals surface area contributed by atoms with Crippen LogP contribution in [-0.2, 0) is 9.84 Å². The number of aromatic nitrogens is 4. The van der Waals surface area contributed by atoms with Gasteiger partial charge >= 0.3 is 0 Å². The minimum Gasteiger partial charge on any atom is -0.438 e. The molecule has 0 aliphatic heterocycles. The van der Waals surface area contributed by atoms with Crippen molar-refractivity contribution in [3.63, 3.8) is 0 Å². The molecule has 4 aromatic rings. The van der Waals surface area contributed by atoms with Gasteiger partial charge in [-0.05, 0) is 24.3 Å². The monoisotopic (exact) mass is 446 g/mol. The summed E-state index contributed by atoms with van der Waals surface area (Å²) in [4.78, 5) is 29.6. The lowest BCUT2D eigenvalue weighted by atomic mass is 10.1. The van der Waals surface area contributed by atoms with Crippen molar-refractivity contribution in [2.24, 2.45) is 0 Å². The average Bonchev–Trinajstić information content (AvgIpc) is 3.29. The Balaban J connectivity index is 1.65. The zero-order valence-electron chi connectivity index (χ0n) is 16.6. The van der Waals surface area contributed by atoms with E-state index < -0.39 is 15.7 Å². The van der Waals surface area contributed by atoms with E-state index in [0.29, 0.717) is 11.3 Å². The van der Waals surface area contributed by atoms with Gasteiger partial charge in [-0.1, -0.05) is 18.2 Å². The van der Waals surface area contributed by atoms with Crippen LogP contribution in [0.1, 0.15) is 16.1 Å². The van der Waals surface area contributed by atoms with Gasteiger partial charge in [-0.2, -0.15) is 5.26 Å². The van der Waals surface area contributed by atoms with Crippen LogP contribution in [0.5, 0.6) is 0 Å². The lowest BCUT2D eigenvalue weighted by Gasteiger charge is -2.07. The van der Waals surface area contributed by atoms with Crippen molar-refractivity contribution in [1.29, 1.82) is 5.26 Å². The summed E-state index contributed by atoms with van der Waals surface area (Å²) in [5.41, 5.74) is 1.21. The highest BCUT2D eigenvalue weighted by atomic mass is 32.2. The predicted octanol–water partition coefficient (Wildman–Crippen LogP) is 2.72. The first-order chi connectivity index (χ1) is 15.4. The molecular formula is C21H14N6O4S. The molecule has 0 unspecified atom stereocenters. The van der Waals surface area contributed by atoms with Gasteiger partial charge in [0.25, 0.3) is 5.91 Å². The van der Waals surface area contributed by atoms with Crippen LogP contribution in [0.3, 0.4) is 0 Å². The minimum absolute atomic E-state index is 0.0112. The van der Waals surface area contributed by atoms with E-state index >= 15 is 0 Å². The normalized spacial score (nSPS) is 11.0. The van der Waals surface area contributed by atoms with E-state index in [1.54, 1.807) is 24.4 Å². The highest BCUT2D eigenvalue weighted by Crippen LogP contribution is 2.25. The largest absolute Gasteiger partial charge is 0.438 e. The molecule has 4 rings (SSSR count). The summed E-state index contributed by atoms with van der Waals surface area (Å²) in [6.07, 6.45) is 5.06. The van der Waals surface area contributed by atoms with Gasteiger partial charge in [0.15, 0.2) is 27.9 Å². The van der Waals surface area contributed by atoms with Gasteiger partial charge in [0.2, 0.25) is 5.76 Å². The summed E-state index contributed by atoms with van der Waals surface area (Å²) in [6, 6.07) is 13.0. The Hall–Kier alpha value is -4.43. The molecule has 158 valence electrons. The molecule has 0 bridgehead atoms. The molecular weight excluding hydrogens is 432 g/mol. The summed E-state index contributed by atoms with van der Waals surface area (Å²) in [5, 5.41) is 11.9. The number of pyridine rings is 1. The molecule has 1 aromatic carbocycles. The van der Waals surface area contributed by atoms with Gasteiger partial charge in [-0.3, -0.25) is 9.78 Å². The number of hydrogen-bond donors (Lipinski definition) is 1. The van der Waals surface area contributed by atoms with Crippen LogP contribution in [0.2, 0.25) is 0 Å². The number of nitrogens with one attached hydrogen (secondary N) is 1. The molecule has 3 aromatic heterocycles. The third-order valence-corrected chi connectivity index (χ3v) is 5.49. The van der Waals surface area contributed by atoms with Gasteiger partial charge < -0.3 is 9.73 Å². The molecule has 0 spiro atoms. The number of nitriles is 1. The number of anilines is 1. The van der Waals surface area contributed by atoms with Crippen molar-refractivity contribution in [2.45, 2.75) is 4.90 Å². The fourth-order valence-electron chi connectivity index (χ4n) is 2.81. The number of sulfone groups is 1. The van der Waals surface area contributed by atoms with Crippen LogP contribution in [0.25, 0.3) is 22.8 Å². The molecule has 1 N–H and O–H groups in total. The van der Waals surface area contributed by atoms with Crippen molar-refractivity contribution in [1.82, 2.24) is 19.9 Å². The Labute approximate surface area is 182 Å². The summed E-state index contributed by atoms with van der Waals surface area (Å²) in [6.45, 7) is 0. The highest BCUT2D eigenvalue weighted by Gasteiger charge is 2.21. The van der Waals surface area contributed by atoms with E-state index in [1.165, 1.54) is 30.5 Å². The third-order valence-electron chi connectivity index (χ3n) is 4.36. The van der Waals surface area contributed by atoms with Crippen LogP contribution in [0.15, 0.2) is 70.6 Å². The number of oxazole rings is 1. The molecule has 10 nitrogen and oxygen atoms in total. The first-order valence-corrected chi connectivity index (χ1v) is 11.0. The third kappa shape index (κ3) is 4.21. The standard InChI is InChI=1S/C21H14N6O4S/c1-32(29,30)15-7-5-13(6-8-15)17-18(31-12-25-17)21(28)27-19-14(10-22)11-24-20(26-19)16-4-2-3-9-23-16/h2-9,11-12H,1H3,(H,24,26,27,28). The van der Waals surface area contributed by atoms with E-state index in [0.717, 1.165) is 12.6 Å². The lowest BCUT2D eigenvalue weighted by molar-refractivity contribution is 0.0997. The van der Waals surface area contributed by atoms with Gasteiger partial charge in [0.1, 0.15) is 23.0 Å². The molecule has 0 saturated carbocycles. The van der Waals surface area contributed by atoms with E-state index in [9.17, 15) is 18.5 Å². The molecule has 3 heterocycles. The Morgan fingerprint density at radius 3 is 2.53 bits per heavy atom. The van der Waals surface area contributed by atoms with Crippen LogP contribution in [0.4, 0.5) is 5.82 Å². The van der Waals surface area contributed by atoms with Crippen molar-refractivity contribution < 1.29 is 17.6 Å². The topological polar surface area (TPSA) is 152 Å². The molecule has 0 fully saturated rings. The number of amides is 1. The Morgan fingerprint density at radius 1 is 1.09 bits per heavy atom. The zero-order chi connectivity index (χ0) is 22.7. The molecule has 1 amide bonds. The quantitative estimate of drug-likeness (QED) is 0.487. The predicted molar refractivity (Wildman–Crippen MR) is 113 cm³/mol. The van der Waals surface area contributed by atoms with Crippen LogP contribution in [0, 0.1) is 11.3 Å². The zero-order valence-corrected chi connectivity index (χ0v) is 17.4. The smallest absolute Gasteiger partial charge is 0.294 e. The van der Waals surface area contributed by atoms with E-state index in [-0.39, 0.29) is 33.6 Å². The minimum atomic E-state index is -3.36. The average molecular weight is 446 g/mol. The van der Waals surface area contributed by atoms with Crippen LogP contribution >= 0.6 is 0 Å². The van der Waals surface area contributed by atoms with Crippen molar-refractivity contribution in [2.75, 3.05) is 11.6 Å². The van der Waals surface area contributed by atoms with Crippen molar-refractivity contribution >= 4 is 21.6 Å². The van der Waals surface area contributed by atoms with E-state index in [2.05, 4.69) is 25.3 Å². The number of benzene rings is 1. The van der Waals surface area contributed by atoms with Gasteiger partial charge in [0.05, 0.1) is 11.1 Å². The maximum Gasteiger partial charge on any atom is 0.294 e. The van der Waals surface area contributed by atoms with Crippen molar-refractivity contribution in [3.05, 3.63) is 72.6 Å². The van der Waals surface area contributed by atoms with Gasteiger partial charge in [-0.25, -0.2) is 23.4 Å². The molecule has 0 aliphatic carbocycles. The van der Waals surface area contributed by atoms with Gasteiger partial charge in [0, 0.05) is 18.0 Å². The lowest BCUT2D eigenvalue weighted by Crippen LogP contribution is -2.15. The fraction of sp³-hybridized carbons (Fsp3) is 0.0476. The molecule has 0 atom stereocenters. The second-order valence-corrected chi connectivity index (χ2v) is 8.58. The number of hydrogen-bond acceptors (Lipinski definition) is 9. The number of carbonyl (C=O) groups is 1. The summed E-state index contributed by atoms with van der Waals surface area (Å²) < 4.78 is 28.6. The van der Waals surface area contributed by atoms with E-state index in [4.69, 9.17) is 4.42 Å². The highest BCUT2D eigenvalue weighted by molar-refractivity contribution is 7.90. The summed E-state index contributed by atoms with van der Waals surface area (Å²) in [7, 11) is -3.36.